The summed E-state index contributed by atoms with van der Waals surface area (Å²) in [4.78, 5) is 14.9. The molecular weight excluding hydrogens is 320 g/mol. The summed E-state index contributed by atoms with van der Waals surface area (Å²) in [7, 11) is 0. The summed E-state index contributed by atoms with van der Waals surface area (Å²) >= 11 is 3.45. The minimum Gasteiger partial charge on any atom is -0.477 e. The van der Waals surface area contributed by atoms with Gasteiger partial charge in [-0.05, 0) is 36.8 Å². The van der Waals surface area contributed by atoms with E-state index < -0.39 is 5.97 Å². The number of benzene rings is 1. The first-order chi connectivity index (χ1) is 9.56. The summed E-state index contributed by atoms with van der Waals surface area (Å²) in [5.41, 5.74) is 1.94. The predicted octanol–water partition coefficient (Wildman–Crippen LogP) is 3.39. The van der Waals surface area contributed by atoms with Crippen molar-refractivity contribution in [1.29, 1.82) is 0 Å². The maximum atomic E-state index is 10.9. The molecule has 0 amide bonds. The van der Waals surface area contributed by atoms with E-state index in [0.717, 1.165) is 10.0 Å². The lowest BCUT2D eigenvalue weighted by molar-refractivity contribution is 0.0690. The Hall–Kier alpha value is -1.72. The highest BCUT2D eigenvalue weighted by atomic mass is 79.9. The van der Waals surface area contributed by atoms with Crippen molar-refractivity contribution in [2.24, 2.45) is 0 Å². The van der Waals surface area contributed by atoms with E-state index >= 15 is 0 Å². The number of carbonyl (C=O) groups is 1. The van der Waals surface area contributed by atoms with Gasteiger partial charge in [0.1, 0.15) is 5.69 Å². The molecule has 20 heavy (non-hydrogen) atoms. The quantitative estimate of drug-likeness (QED) is 0.879. The Bertz CT molecular complexity index is 616. The number of nitrogens with zero attached hydrogens (tertiary/aromatic N) is 1. The number of halogens is 1. The third-order valence-corrected chi connectivity index (χ3v) is 3.46. The second kappa shape index (κ2) is 6.63. The van der Waals surface area contributed by atoms with Crippen LogP contribution >= 0.6 is 15.9 Å². The van der Waals surface area contributed by atoms with Crippen molar-refractivity contribution in [3.63, 3.8) is 0 Å². The van der Waals surface area contributed by atoms with Crippen LogP contribution in [0.4, 0.5) is 0 Å². The number of pyridine rings is 1. The van der Waals surface area contributed by atoms with Gasteiger partial charge in [-0.15, -0.1) is 0 Å². The Labute approximate surface area is 126 Å². The third kappa shape index (κ3) is 3.88. The Morgan fingerprint density at radius 2 is 2.10 bits per heavy atom. The lowest BCUT2D eigenvalue weighted by Gasteiger charge is -2.14. The maximum absolute atomic E-state index is 10.9. The zero-order valence-corrected chi connectivity index (χ0v) is 12.6. The van der Waals surface area contributed by atoms with Crippen LogP contribution in [0.25, 0.3) is 0 Å². The van der Waals surface area contributed by atoms with Crippen molar-refractivity contribution in [3.05, 3.63) is 63.9 Å². The van der Waals surface area contributed by atoms with Gasteiger partial charge in [-0.2, -0.15) is 0 Å². The van der Waals surface area contributed by atoms with Crippen LogP contribution < -0.4 is 5.32 Å². The average Bonchev–Trinajstić information content (AvgIpc) is 2.45. The molecule has 0 saturated carbocycles. The Morgan fingerprint density at radius 1 is 1.35 bits per heavy atom. The average molecular weight is 335 g/mol. The summed E-state index contributed by atoms with van der Waals surface area (Å²) in [6, 6.07) is 13.2. The molecule has 5 heteroatoms. The van der Waals surface area contributed by atoms with Crippen LogP contribution in [-0.2, 0) is 6.54 Å². The van der Waals surface area contributed by atoms with Crippen molar-refractivity contribution in [1.82, 2.24) is 10.3 Å². The van der Waals surface area contributed by atoms with Gasteiger partial charge < -0.3 is 10.4 Å². The normalized spacial score (nSPS) is 12.1. The Kier molecular flexibility index (Phi) is 4.87. The van der Waals surface area contributed by atoms with Crippen molar-refractivity contribution in [2.75, 3.05) is 0 Å². The first-order valence-corrected chi connectivity index (χ1v) is 7.03. The highest BCUT2D eigenvalue weighted by Gasteiger charge is 2.08. The zero-order chi connectivity index (χ0) is 14.5. The van der Waals surface area contributed by atoms with Crippen LogP contribution in [0.3, 0.4) is 0 Å². The van der Waals surface area contributed by atoms with Crippen molar-refractivity contribution >= 4 is 21.9 Å². The van der Waals surface area contributed by atoms with Crippen molar-refractivity contribution in [2.45, 2.75) is 19.5 Å². The molecule has 1 atom stereocenters. The highest BCUT2D eigenvalue weighted by Crippen LogP contribution is 2.18. The van der Waals surface area contributed by atoms with E-state index in [4.69, 9.17) is 5.11 Å². The van der Waals surface area contributed by atoms with E-state index in [-0.39, 0.29) is 11.7 Å². The van der Waals surface area contributed by atoms with Crippen molar-refractivity contribution in [3.8, 4) is 0 Å². The van der Waals surface area contributed by atoms with E-state index in [1.165, 1.54) is 6.07 Å². The fourth-order valence-corrected chi connectivity index (χ4v) is 2.27. The molecular formula is C15H15BrN2O2. The zero-order valence-electron chi connectivity index (χ0n) is 11.0. The molecule has 0 saturated heterocycles. The van der Waals surface area contributed by atoms with E-state index in [1.807, 2.05) is 24.3 Å². The van der Waals surface area contributed by atoms with Crippen LogP contribution in [0, 0.1) is 0 Å². The Morgan fingerprint density at radius 3 is 2.80 bits per heavy atom. The van der Waals surface area contributed by atoms with Crippen LogP contribution in [0.1, 0.15) is 34.7 Å². The molecule has 1 heterocycles. The summed E-state index contributed by atoms with van der Waals surface area (Å²) < 4.78 is 1.04. The number of nitrogens with one attached hydrogen (secondary N) is 1. The molecule has 2 rings (SSSR count). The van der Waals surface area contributed by atoms with E-state index in [1.54, 1.807) is 6.07 Å². The summed E-state index contributed by atoms with van der Waals surface area (Å²) in [6.45, 7) is 2.58. The Balaban J connectivity index is 2.01. The molecule has 1 unspecified atom stereocenters. The molecule has 0 spiro atoms. The molecule has 4 nitrogen and oxygen atoms in total. The topological polar surface area (TPSA) is 62.2 Å². The van der Waals surface area contributed by atoms with Gasteiger partial charge in [0.05, 0.1) is 5.69 Å². The number of hydrogen-bond donors (Lipinski definition) is 2. The largest absolute Gasteiger partial charge is 0.477 e. The number of carboxylic acids is 1. The molecule has 1 aromatic heterocycles. The summed E-state index contributed by atoms with van der Waals surface area (Å²) in [6.07, 6.45) is 0. The minimum absolute atomic E-state index is 0.0689. The molecule has 1 aromatic carbocycles. The molecule has 0 fully saturated rings. The molecule has 0 aliphatic carbocycles. The van der Waals surface area contributed by atoms with Gasteiger partial charge in [0.25, 0.3) is 0 Å². The fourth-order valence-electron chi connectivity index (χ4n) is 1.85. The first kappa shape index (κ1) is 14.7. The van der Waals surface area contributed by atoms with E-state index in [0.29, 0.717) is 12.2 Å². The molecule has 2 aromatic rings. The summed E-state index contributed by atoms with van der Waals surface area (Å²) in [5.74, 6) is -1.01. The number of aromatic nitrogens is 1. The van der Waals surface area contributed by atoms with Gasteiger partial charge in [-0.25, -0.2) is 9.78 Å². The predicted molar refractivity (Wildman–Crippen MR) is 80.6 cm³/mol. The lowest BCUT2D eigenvalue weighted by Crippen LogP contribution is -2.19. The summed E-state index contributed by atoms with van der Waals surface area (Å²) in [5, 5.41) is 12.2. The maximum Gasteiger partial charge on any atom is 0.354 e. The van der Waals surface area contributed by atoms with Crippen LogP contribution in [-0.4, -0.2) is 16.1 Å². The highest BCUT2D eigenvalue weighted by molar-refractivity contribution is 9.10. The minimum atomic E-state index is -1.01. The molecule has 2 N–H and O–H groups in total. The number of hydrogen-bond acceptors (Lipinski definition) is 3. The smallest absolute Gasteiger partial charge is 0.354 e. The molecule has 0 aliphatic rings. The number of aromatic carboxylic acids is 1. The van der Waals surface area contributed by atoms with E-state index in [9.17, 15) is 4.79 Å². The molecule has 0 radical (unpaired) electrons. The van der Waals surface area contributed by atoms with Crippen LogP contribution in [0.5, 0.6) is 0 Å². The lowest BCUT2D eigenvalue weighted by atomic mass is 10.1. The van der Waals surface area contributed by atoms with Gasteiger partial charge in [-0.1, -0.05) is 34.1 Å². The van der Waals surface area contributed by atoms with Gasteiger partial charge in [0, 0.05) is 17.1 Å². The molecule has 104 valence electrons. The van der Waals surface area contributed by atoms with Gasteiger partial charge in [-0.3, -0.25) is 0 Å². The van der Waals surface area contributed by atoms with Gasteiger partial charge >= 0.3 is 5.97 Å². The standard InChI is InChI=1S/C15H15BrN2O2/c1-10(11-4-2-5-12(16)8-11)17-9-13-6-3-7-14(18-13)15(19)20/h2-8,10,17H,9H2,1H3,(H,19,20). The van der Waals surface area contributed by atoms with Crippen LogP contribution in [0.2, 0.25) is 0 Å². The third-order valence-electron chi connectivity index (χ3n) is 2.96. The number of carboxylic acid groups (broad SMARTS) is 1. The van der Waals surface area contributed by atoms with Crippen LogP contribution in [0.15, 0.2) is 46.9 Å². The van der Waals surface area contributed by atoms with Gasteiger partial charge in [0.2, 0.25) is 0 Å². The first-order valence-electron chi connectivity index (χ1n) is 6.24. The monoisotopic (exact) mass is 334 g/mol. The van der Waals surface area contributed by atoms with E-state index in [2.05, 4.69) is 39.2 Å². The fraction of sp³-hybridized carbons (Fsp3) is 0.200. The number of rotatable bonds is 5. The van der Waals surface area contributed by atoms with Gasteiger partial charge in [0.15, 0.2) is 0 Å². The molecule has 0 bridgehead atoms. The SMILES string of the molecule is CC(NCc1cccc(C(=O)O)n1)c1cccc(Br)c1. The second-order valence-electron chi connectivity index (χ2n) is 4.48. The second-order valence-corrected chi connectivity index (χ2v) is 5.39. The molecule has 0 aliphatic heterocycles. The van der Waals surface area contributed by atoms with Crippen molar-refractivity contribution < 1.29 is 9.90 Å².